The molecule has 2 aromatic carbocycles. The second kappa shape index (κ2) is 10.1. The van der Waals surface area contributed by atoms with Crippen LogP contribution in [0.4, 0.5) is 4.79 Å². The summed E-state index contributed by atoms with van der Waals surface area (Å²) < 4.78 is 10.3. The first-order chi connectivity index (χ1) is 17.0. The number of likely N-dealkylation sites (tertiary alicyclic amines) is 1. The summed E-state index contributed by atoms with van der Waals surface area (Å²) in [4.78, 5) is 35.8. The number of fused-ring (bicyclic) bond motifs is 1. The van der Waals surface area contributed by atoms with Crippen molar-refractivity contribution in [2.45, 2.75) is 44.7 Å². The molecule has 1 aromatic heterocycles. The second-order valence-electron chi connectivity index (χ2n) is 9.49. The predicted molar refractivity (Wildman–Crippen MR) is 133 cm³/mol. The van der Waals surface area contributed by atoms with Gasteiger partial charge in [0.15, 0.2) is 0 Å². The van der Waals surface area contributed by atoms with Crippen LogP contribution in [0.2, 0.25) is 0 Å². The molecule has 0 spiro atoms. The van der Waals surface area contributed by atoms with Crippen molar-refractivity contribution in [2.75, 3.05) is 26.9 Å². The van der Waals surface area contributed by atoms with E-state index in [0.717, 1.165) is 42.8 Å². The number of aryl methyl sites for hydroxylation is 1. The standard InChI is InChI=1S/C27H32N4O4/c1-17-5-6-20-15-21(8-7-19(20)14-17)22-16-28-25(29-22)23-4-3-11-31(23)26(32)24(30-27(33)34-2)18-9-12-35-13-10-18/h5-8,14-16,18,23-24H,3-4,9-13H2,1-2H3,(H,28,29)(H,30,33)/t23-,24?/m0/s1. The topological polar surface area (TPSA) is 96.5 Å². The zero-order valence-corrected chi connectivity index (χ0v) is 20.3. The maximum absolute atomic E-state index is 13.7. The molecule has 0 saturated carbocycles. The van der Waals surface area contributed by atoms with Crippen LogP contribution in [0.5, 0.6) is 0 Å². The Kier molecular flexibility index (Phi) is 6.72. The third-order valence-electron chi connectivity index (χ3n) is 7.20. The molecule has 0 aliphatic carbocycles. The van der Waals surface area contributed by atoms with Crippen LogP contribution in [0.1, 0.15) is 43.1 Å². The lowest BCUT2D eigenvalue weighted by Gasteiger charge is -2.34. The molecular formula is C27H32N4O4. The maximum Gasteiger partial charge on any atom is 0.407 e. The van der Waals surface area contributed by atoms with Gasteiger partial charge in [0.25, 0.3) is 0 Å². The summed E-state index contributed by atoms with van der Waals surface area (Å²) in [5, 5.41) is 5.17. The predicted octanol–water partition coefficient (Wildman–Crippen LogP) is 4.35. The fourth-order valence-corrected chi connectivity index (χ4v) is 5.29. The minimum atomic E-state index is -0.634. The zero-order chi connectivity index (χ0) is 24.4. The van der Waals surface area contributed by atoms with Gasteiger partial charge in [-0.25, -0.2) is 9.78 Å². The zero-order valence-electron chi connectivity index (χ0n) is 20.3. The normalized spacial score (nSPS) is 19.6. The van der Waals surface area contributed by atoms with E-state index in [9.17, 15) is 9.59 Å². The molecule has 1 unspecified atom stereocenters. The summed E-state index contributed by atoms with van der Waals surface area (Å²) in [7, 11) is 1.32. The Morgan fingerprint density at radius 1 is 1.14 bits per heavy atom. The maximum atomic E-state index is 13.7. The fourth-order valence-electron chi connectivity index (χ4n) is 5.29. The molecule has 184 valence electrons. The monoisotopic (exact) mass is 476 g/mol. The Balaban J connectivity index is 1.37. The Morgan fingerprint density at radius 2 is 1.91 bits per heavy atom. The van der Waals surface area contributed by atoms with Crippen molar-refractivity contribution in [3.63, 3.8) is 0 Å². The molecular weight excluding hydrogens is 444 g/mol. The van der Waals surface area contributed by atoms with Crippen molar-refractivity contribution in [3.05, 3.63) is 54.0 Å². The molecule has 2 aliphatic rings. The van der Waals surface area contributed by atoms with Gasteiger partial charge in [0.1, 0.15) is 11.9 Å². The number of carbonyl (C=O) groups excluding carboxylic acids is 2. The van der Waals surface area contributed by atoms with Crippen molar-refractivity contribution in [1.82, 2.24) is 20.2 Å². The van der Waals surface area contributed by atoms with Crippen LogP contribution in [0, 0.1) is 12.8 Å². The second-order valence-corrected chi connectivity index (χ2v) is 9.49. The smallest absolute Gasteiger partial charge is 0.407 e. The lowest BCUT2D eigenvalue weighted by molar-refractivity contribution is -0.136. The van der Waals surface area contributed by atoms with Crippen molar-refractivity contribution in [2.24, 2.45) is 5.92 Å². The van der Waals surface area contributed by atoms with E-state index in [1.54, 1.807) is 0 Å². The number of amides is 2. The van der Waals surface area contributed by atoms with Gasteiger partial charge in [0.05, 0.1) is 18.8 Å². The minimum absolute atomic E-state index is 0.0185. The summed E-state index contributed by atoms with van der Waals surface area (Å²) in [5.41, 5.74) is 3.13. The van der Waals surface area contributed by atoms with Crippen LogP contribution < -0.4 is 5.32 Å². The summed E-state index contributed by atoms with van der Waals surface area (Å²) in [6.45, 7) is 3.91. The van der Waals surface area contributed by atoms with Crippen LogP contribution in [0.3, 0.4) is 0 Å². The molecule has 2 aliphatic heterocycles. The van der Waals surface area contributed by atoms with Crippen molar-refractivity contribution >= 4 is 22.8 Å². The fraction of sp³-hybridized carbons (Fsp3) is 0.444. The number of nitrogens with one attached hydrogen (secondary N) is 2. The molecule has 35 heavy (non-hydrogen) atoms. The van der Waals surface area contributed by atoms with Crippen molar-refractivity contribution in [3.8, 4) is 11.3 Å². The van der Waals surface area contributed by atoms with Gasteiger partial charge in [-0.2, -0.15) is 0 Å². The highest BCUT2D eigenvalue weighted by molar-refractivity contribution is 5.88. The van der Waals surface area contributed by atoms with E-state index in [1.807, 2.05) is 11.1 Å². The van der Waals surface area contributed by atoms with E-state index in [4.69, 9.17) is 14.5 Å². The largest absolute Gasteiger partial charge is 0.453 e. The molecule has 3 aromatic rings. The first-order valence-corrected chi connectivity index (χ1v) is 12.3. The van der Waals surface area contributed by atoms with Crippen LogP contribution in [-0.2, 0) is 14.3 Å². The Hall–Kier alpha value is -3.39. The first kappa shape index (κ1) is 23.4. The van der Waals surface area contributed by atoms with Crippen molar-refractivity contribution < 1.29 is 19.1 Å². The van der Waals surface area contributed by atoms with Gasteiger partial charge in [0, 0.05) is 31.5 Å². The molecule has 8 nitrogen and oxygen atoms in total. The number of hydrogen-bond acceptors (Lipinski definition) is 5. The lowest BCUT2D eigenvalue weighted by atomic mass is 9.90. The average Bonchev–Trinajstić information content (AvgIpc) is 3.57. The highest BCUT2D eigenvalue weighted by Gasteiger charge is 2.40. The van der Waals surface area contributed by atoms with E-state index in [1.165, 1.54) is 23.4 Å². The summed E-state index contributed by atoms with van der Waals surface area (Å²) in [6.07, 6.45) is 4.50. The number of aromatic amines is 1. The molecule has 0 bridgehead atoms. The summed E-state index contributed by atoms with van der Waals surface area (Å²) >= 11 is 0. The molecule has 2 amide bonds. The Labute approximate surface area is 205 Å². The molecule has 3 heterocycles. The van der Waals surface area contributed by atoms with Crippen LogP contribution in [0.15, 0.2) is 42.6 Å². The van der Waals surface area contributed by atoms with Gasteiger partial charge in [-0.1, -0.05) is 35.9 Å². The van der Waals surface area contributed by atoms with E-state index in [-0.39, 0.29) is 17.9 Å². The molecule has 8 heteroatoms. The SMILES string of the molecule is COC(=O)NC(C(=O)N1CCC[C@H]1c1nc(-c2ccc3cc(C)ccc3c2)c[nH]1)C1CCOCC1. The number of H-pyrrole nitrogens is 1. The average molecular weight is 477 g/mol. The molecule has 5 rings (SSSR count). The Morgan fingerprint density at radius 3 is 2.71 bits per heavy atom. The van der Waals surface area contributed by atoms with Gasteiger partial charge in [0.2, 0.25) is 5.91 Å². The van der Waals surface area contributed by atoms with Gasteiger partial charge in [-0.3, -0.25) is 4.79 Å². The van der Waals surface area contributed by atoms with Gasteiger partial charge < -0.3 is 24.7 Å². The Bertz CT molecular complexity index is 1220. The highest BCUT2D eigenvalue weighted by atomic mass is 16.5. The van der Waals surface area contributed by atoms with Crippen LogP contribution in [0.25, 0.3) is 22.0 Å². The van der Waals surface area contributed by atoms with Gasteiger partial charge >= 0.3 is 6.09 Å². The number of nitrogens with zero attached hydrogens (tertiary/aromatic N) is 2. The number of methoxy groups -OCH3 is 1. The lowest BCUT2D eigenvalue weighted by Crippen LogP contribution is -2.53. The third kappa shape index (κ3) is 4.89. The first-order valence-electron chi connectivity index (χ1n) is 12.3. The molecule has 2 N–H and O–H groups in total. The summed E-state index contributed by atoms with van der Waals surface area (Å²) in [6, 6.07) is 12.0. The van der Waals surface area contributed by atoms with E-state index >= 15 is 0 Å². The molecule has 0 radical (unpaired) electrons. The van der Waals surface area contributed by atoms with E-state index in [0.29, 0.717) is 19.8 Å². The van der Waals surface area contributed by atoms with Crippen LogP contribution >= 0.6 is 0 Å². The quantitative estimate of drug-likeness (QED) is 0.571. The number of carbonyl (C=O) groups is 2. The number of benzene rings is 2. The number of imidazole rings is 1. The number of aromatic nitrogens is 2. The number of hydrogen-bond donors (Lipinski definition) is 2. The van der Waals surface area contributed by atoms with Gasteiger partial charge in [-0.05, 0) is 55.4 Å². The molecule has 2 atom stereocenters. The number of alkyl carbamates (subject to hydrolysis) is 1. The van der Waals surface area contributed by atoms with Crippen LogP contribution in [-0.4, -0.2) is 59.8 Å². The molecule has 2 saturated heterocycles. The van der Waals surface area contributed by atoms with Crippen molar-refractivity contribution in [1.29, 1.82) is 0 Å². The number of rotatable bonds is 5. The van der Waals surface area contributed by atoms with E-state index in [2.05, 4.69) is 53.6 Å². The third-order valence-corrected chi connectivity index (χ3v) is 7.20. The van der Waals surface area contributed by atoms with Gasteiger partial charge in [-0.15, -0.1) is 0 Å². The molecule has 2 fully saturated rings. The van der Waals surface area contributed by atoms with E-state index < -0.39 is 12.1 Å². The number of ether oxygens (including phenoxy) is 2. The summed E-state index contributed by atoms with van der Waals surface area (Å²) in [5.74, 6) is 0.715. The minimum Gasteiger partial charge on any atom is -0.453 e. The highest BCUT2D eigenvalue weighted by Crippen LogP contribution is 2.34.